The summed E-state index contributed by atoms with van der Waals surface area (Å²) in [5, 5.41) is 6.90. The van der Waals surface area contributed by atoms with E-state index in [1.165, 1.54) is 18.3 Å². The molecule has 1 atom stereocenters. The number of nitrogens with zero attached hydrogens (tertiary/aromatic N) is 3. The Bertz CT molecular complexity index is 746. The van der Waals surface area contributed by atoms with Gasteiger partial charge in [-0.05, 0) is 30.0 Å². The Kier molecular flexibility index (Phi) is 5.94. The molecule has 1 saturated heterocycles. The Balaban J connectivity index is 1.76. The first-order valence-corrected chi connectivity index (χ1v) is 9.30. The van der Waals surface area contributed by atoms with E-state index in [1.807, 2.05) is 17.0 Å². The second-order valence-corrected chi connectivity index (χ2v) is 7.51. The van der Waals surface area contributed by atoms with Crippen molar-refractivity contribution in [1.29, 1.82) is 0 Å². The lowest BCUT2D eigenvalue weighted by molar-refractivity contribution is 0.0697. The van der Waals surface area contributed by atoms with Crippen molar-refractivity contribution in [2.45, 2.75) is 32.9 Å². The third-order valence-corrected chi connectivity index (χ3v) is 5.20. The minimum Gasteiger partial charge on any atom is -0.336 e. The van der Waals surface area contributed by atoms with Gasteiger partial charge in [-0.3, -0.25) is 14.8 Å². The summed E-state index contributed by atoms with van der Waals surface area (Å²) >= 11 is 6.06. The summed E-state index contributed by atoms with van der Waals surface area (Å²) in [6.45, 7) is 7.28. The van der Waals surface area contributed by atoms with Gasteiger partial charge < -0.3 is 4.90 Å². The summed E-state index contributed by atoms with van der Waals surface area (Å²) in [6, 6.07) is 6.85. The standard InChI is InChI=1S/C19H24ClFN4O/c1-13(2)17-12-25(19(26)18-16(20)10-22-23-18)9-3-8-24(17)11-14-4-6-15(21)7-5-14/h4-7,10,13,17H,3,8-9,11-12H2,1-2H3,(H,22,23). The van der Waals surface area contributed by atoms with Crippen LogP contribution in [0.15, 0.2) is 30.5 Å². The summed E-state index contributed by atoms with van der Waals surface area (Å²) < 4.78 is 13.2. The first-order chi connectivity index (χ1) is 12.5. The van der Waals surface area contributed by atoms with E-state index in [0.29, 0.717) is 29.7 Å². The van der Waals surface area contributed by atoms with Crippen LogP contribution in [-0.4, -0.2) is 51.6 Å². The number of carbonyl (C=O) groups is 1. The zero-order valence-electron chi connectivity index (χ0n) is 15.1. The molecular formula is C19H24ClFN4O. The maximum Gasteiger partial charge on any atom is 0.273 e. The van der Waals surface area contributed by atoms with Crippen molar-refractivity contribution in [3.8, 4) is 0 Å². The number of benzene rings is 1. The van der Waals surface area contributed by atoms with Crippen molar-refractivity contribution in [1.82, 2.24) is 20.0 Å². The van der Waals surface area contributed by atoms with Crippen molar-refractivity contribution in [2.75, 3.05) is 19.6 Å². The number of H-pyrrole nitrogens is 1. The highest BCUT2D eigenvalue weighted by Gasteiger charge is 2.31. The molecule has 1 aromatic heterocycles. The van der Waals surface area contributed by atoms with E-state index in [-0.39, 0.29) is 17.8 Å². The van der Waals surface area contributed by atoms with Gasteiger partial charge >= 0.3 is 0 Å². The van der Waals surface area contributed by atoms with E-state index >= 15 is 0 Å². The van der Waals surface area contributed by atoms with Gasteiger partial charge in [0.25, 0.3) is 5.91 Å². The third-order valence-electron chi connectivity index (χ3n) is 4.91. The number of halogens is 2. The van der Waals surface area contributed by atoms with Crippen LogP contribution >= 0.6 is 11.6 Å². The molecule has 0 saturated carbocycles. The number of hydrogen-bond donors (Lipinski definition) is 1. The highest BCUT2D eigenvalue weighted by molar-refractivity contribution is 6.33. The number of carbonyl (C=O) groups excluding carboxylic acids is 1. The van der Waals surface area contributed by atoms with Crippen LogP contribution in [0.25, 0.3) is 0 Å². The second-order valence-electron chi connectivity index (χ2n) is 7.11. The molecule has 7 heteroatoms. The third kappa shape index (κ3) is 4.24. The summed E-state index contributed by atoms with van der Waals surface area (Å²) in [7, 11) is 0. The lowest BCUT2D eigenvalue weighted by Crippen LogP contribution is -2.45. The fraction of sp³-hybridized carbons (Fsp3) is 0.474. The molecule has 26 heavy (non-hydrogen) atoms. The van der Waals surface area contributed by atoms with Crippen molar-refractivity contribution >= 4 is 17.5 Å². The molecule has 1 aliphatic rings. The quantitative estimate of drug-likeness (QED) is 0.884. The van der Waals surface area contributed by atoms with Crippen LogP contribution in [0.2, 0.25) is 5.02 Å². The zero-order valence-corrected chi connectivity index (χ0v) is 15.8. The van der Waals surface area contributed by atoms with Crippen molar-refractivity contribution in [3.05, 3.63) is 52.6 Å². The largest absolute Gasteiger partial charge is 0.336 e. The van der Waals surface area contributed by atoms with Crippen molar-refractivity contribution in [2.24, 2.45) is 5.92 Å². The lowest BCUT2D eigenvalue weighted by Gasteiger charge is -2.34. The monoisotopic (exact) mass is 378 g/mol. The topological polar surface area (TPSA) is 52.2 Å². The fourth-order valence-corrected chi connectivity index (χ4v) is 3.65. The smallest absolute Gasteiger partial charge is 0.273 e. The number of rotatable bonds is 4. The van der Waals surface area contributed by atoms with Crippen LogP contribution in [0.3, 0.4) is 0 Å². The predicted octanol–water partition coefficient (Wildman–Crippen LogP) is 3.57. The first kappa shape index (κ1) is 18.9. The number of aromatic amines is 1. The van der Waals surface area contributed by atoms with Gasteiger partial charge in [0.15, 0.2) is 0 Å². The Morgan fingerprint density at radius 3 is 2.69 bits per heavy atom. The molecule has 1 amide bonds. The second kappa shape index (κ2) is 8.18. The normalized spacial score (nSPS) is 19.0. The molecule has 2 aromatic rings. The Labute approximate surface area is 158 Å². The molecule has 140 valence electrons. The molecule has 1 unspecified atom stereocenters. The van der Waals surface area contributed by atoms with Gasteiger partial charge in [-0.25, -0.2) is 4.39 Å². The van der Waals surface area contributed by atoms with Crippen LogP contribution in [0.5, 0.6) is 0 Å². The van der Waals surface area contributed by atoms with Gasteiger partial charge in [-0.2, -0.15) is 5.10 Å². The van der Waals surface area contributed by atoms with E-state index in [2.05, 4.69) is 28.9 Å². The maximum absolute atomic E-state index is 13.2. The zero-order chi connectivity index (χ0) is 18.7. The van der Waals surface area contributed by atoms with Crippen molar-refractivity contribution < 1.29 is 9.18 Å². The SMILES string of the molecule is CC(C)C1CN(C(=O)c2[nH]ncc2Cl)CCCN1Cc1ccc(F)cc1. The van der Waals surface area contributed by atoms with Gasteiger partial charge in [-0.15, -0.1) is 0 Å². The number of nitrogens with one attached hydrogen (secondary N) is 1. The summed E-state index contributed by atoms with van der Waals surface area (Å²) in [6.07, 6.45) is 2.33. The average Bonchev–Trinajstić information content (AvgIpc) is 2.92. The molecule has 0 bridgehead atoms. The molecule has 0 radical (unpaired) electrons. The van der Waals surface area contributed by atoms with E-state index in [9.17, 15) is 9.18 Å². The van der Waals surface area contributed by atoms with Crippen LogP contribution in [0.4, 0.5) is 4.39 Å². The van der Waals surface area contributed by atoms with Crippen molar-refractivity contribution in [3.63, 3.8) is 0 Å². The molecular weight excluding hydrogens is 355 g/mol. The van der Waals surface area contributed by atoms with Gasteiger partial charge in [-0.1, -0.05) is 37.6 Å². The highest BCUT2D eigenvalue weighted by atomic mass is 35.5. The summed E-state index contributed by atoms with van der Waals surface area (Å²) in [4.78, 5) is 17.1. The fourth-order valence-electron chi connectivity index (χ4n) is 3.48. The van der Waals surface area contributed by atoms with Crippen LogP contribution in [0.1, 0.15) is 36.3 Å². The average molecular weight is 379 g/mol. The van der Waals surface area contributed by atoms with Gasteiger partial charge in [0.1, 0.15) is 11.5 Å². The molecule has 1 aromatic carbocycles. The number of hydrogen-bond acceptors (Lipinski definition) is 3. The molecule has 3 rings (SSSR count). The molecule has 1 aliphatic heterocycles. The minimum atomic E-state index is -0.224. The minimum absolute atomic E-state index is 0.109. The van der Waals surface area contributed by atoms with Gasteiger partial charge in [0.05, 0.1) is 11.2 Å². The van der Waals surface area contributed by atoms with E-state index in [0.717, 1.165) is 25.1 Å². The Morgan fingerprint density at radius 1 is 1.35 bits per heavy atom. The molecule has 0 aliphatic carbocycles. The van der Waals surface area contributed by atoms with E-state index in [1.54, 1.807) is 0 Å². The molecule has 1 fully saturated rings. The molecule has 0 spiro atoms. The van der Waals surface area contributed by atoms with Crippen LogP contribution in [0, 0.1) is 11.7 Å². The molecule has 2 heterocycles. The highest BCUT2D eigenvalue weighted by Crippen LogP contribution is 2.22. The lowest BCUT2D eigenvalue weighted by atomic mass is 10.0. The Hall–Kier alpha value is -1.92. The van der Waals surface area contributed by atoms with Gasteiger partial charge in [0.2, 0.25) is 0 Å². The first-order valence-electron chi connectivity index (χ1n) is 8.92. The number of amides is 1. The Morgan fingerprint density at radius 2 is 2.08 bits per heavy atom. The van der Waals surface area contributed by atoms with Crippen LogP contribution in [-0.2, 0) is 6.54 Å². The molecule has 5 nitrogen and oxygen atoms in total. The van der Waals surface area contributed by atoms with E-state index in [4.69, 9.17) is 11.6 Å². The molecule has 1 N–H and O–H groups in total. The summed E-state index contributed by atoms with van der Waals surface area (Å²) in [5.74, 6) is 0.0427. The van der Waals surface area contributed by atoms with Crippen LogP contribution < -0.4 is 0 Å². The summed E-state index contributed by atoms with van der Waals surface area (Å²) in [5.41, 5.74) is 1.43. The number of aromatic nitrogens is 2. The van der Waals surface area contributed by atoms with Gasteiger partial charge in [0, 0.05) is 32.2 Å². The predicted molar refractivity (Wildman–Crippen MR) is 99.6 cm³/mol. The van der Waals surface area contributed by atoms with E-state index < -0.39 is 0 Å². The maximum atomic E-state index is 13.2.